The van der Waals surface area contributed by atoms with E-state index in [2.05, 4.69) is 22.9 Å². The van der Waals surface area contributed by atoms with Gasteiger partial charge in [0.05, 0.1) is 39.2 Å². The summed E-state index contributed by atoms with van der Waals surface area (Å²) in [6.45, 7) is 4.48. The number of hydrogen-bond acceptors (Lipinski definition) is 8. The maximum absolute atomic E-state index is 14.5. The number of likely N-dealkylation sites (tertiary alicyclic amines) is 1. The van der Waals surface area contributed by atoms with Crippen LogP contribution in [-0.2, 0) is 14.8 Å². The van der Waals surface area contributed by atoms with Gasteiger partial charge in [0.25, 0.3) is 15.9 Å². The summed E-state index contributed by atoms with van der Waals surface area (Å²) < 4.78 is 29.8. The maximum atomic E-state index is 14.5. The number of rotatable bonds is 6. The fourth-order valence-corrected chi connectivity index (χ4v) is 7.83. The van der Waals surface area contributed by atoms with Crippen LogP contribution in [0.2, 0.25) is 0 Å². The first kappa shape index (κ1) is 30.3. The maximum Gasteiger partial charge on any atom is 0.344 e. The van der Waals surface area contributed by atoms with Crippen molar-refractivity contribution in [3.63, 3.8) is 0 Å². The number of benzene rings is 3. The standard InChI is InChI=1S/C33H33N7O4S/c1-36-15-13-27(14-16-36)37-17-19-38(20-18-37)32(41)31(26-5-3-2-4-6-26)39-30-21-25(23-35)9-12-29(30)40(33(39)42)45(43,44)28-10-7-24(22-34)8-11-28/h2-12,21,27,31H,13-20H2,1H3. The number of nitrogens with zero attached hydrogens (tertiary/aromatic N) is 7. The Hall–Kier alpha value is -4.75. The third kappa shape index (κ3) is 5.64. The van der Waals surface area contributed by atoms with E-state index in [4.69, 9.17) is 0 Å². The van der Waals surface area contributed by atoms with Crippen molar-refractivity contribution in [2.24, 2.45) is 0 Å². The van der Waals surface area contributed by atoms with Gasteiger partial charge in [0.1, 0.15) is 6.04 Å². The molecule has 2 aliphatic rings. The van der Waals surface area contributed by atoms with Crippen LogP contribution in [0.4, 0.5) is 0 Å². The Morgan fingerprint density at radius 3 is 2.07 bits per heavy atom. The molecule has 0 saturated carbocycles. The Bertz CT molecular complexity index is 1970. The van der Waals surface area contributed by atoms with Crippen molar-refractivity contribution in [3.8, 4) is 12.1 Å². The molecular weight excluding hydrogens is 590 g/mol. The Kier molecular flexibility index (Phi) is 8.30. The molecule has 0 radical (unpaired) electrons. The molecule has 1 unspecified atom stereocenters. The Morgan fingerprint density at radius 2 is 1.44 bits per heavy atom. The summed E-state index contributed by atoms with van der Waals surface area (Å²) in [5, 5.41) is 18.9. The van der Waals surface area contributed by atoms with E-state index >= 15 is 0 Å². The van der Waals surface area contributed by atoms with Gasteiger partial charge in [-0.05, 0) is 81.0 Å². The summed E-state index contributed by atoms with van der Waals surface area (Å²) in [5.74, 6) is -0.316. The fraction of sp³-hybridized carbons (Fsp3) is 0.333. The Balaban J connectivity index is 1.44. The first-order valence-corrected chi connectivity index (χ1v) is 16.4. The molecule has 1 amide bonds. The van der Waals surface area contributed by atoms with Gasteiger partial charge in [-0.2, -0.15) is 14.5 Å². The van der Waals surface area contributed by atoms with E-state index in [0.29, 0.717) is 41.8 Å². The molecule has 1 atom stereocenters. The quantitative estimate of drug-likeness (QED) is 0.320. The SMILES string of the molecule is CN1CCC(N2CCN(C(=O)C(c3ccccc3)n3c(=O)n(S(=O)(=O)c4ccc(C#N)cc4)c4ccc(C#N)cc43)CC2)CC1. The molecule has 12 heteroatoms. The first-order valence-electron chi connectivity index (χ1n) is 14.9. The smallest absolute Gasteiger partial charge is 0.338 e. The number of piperazine rings is 1. The van der Waals surface area contributed by atoms with Gasteiger partial charge in [0.15, 0.2) is 0 Å². The molecule has 2 saturated heterocycles. The van der Waals surface area contributed by atoms with E-state index in [0.717, 1.165) is 25.9 Å². The molecule has 3 aromatic carbocycles. The second-order valence-corrected chi connectivity index (χ2v) is 13.4. The number of fused-ring (bicyclic) bond motifs is 1. The zero-order chi connectivity index (χ0) is 31.7. The zero-order valence-electron chi connectivity index (χ0n) is 24.9. The highest BCUT2D eigenvalue weighted by Crippen LogP contribution is 2.29. The van der Waals surface area contributed by atoms with Gasteiger partial charge in [-0.1, -0.05) is 30.3 Å². The third-order valence-electron chi connectivity index (χ3n) is 8.92. The van der Waals surface area contributed by atoms with Crippen LogP contribution in [0.25, 0.3) is 11.0 Å². The van der Waals surface area contributed by atoms with Crippen molar-refractivity contribution in [1.29, 1.82) is 10.5 Å². The van der Waals surface area contributed by atoms with E-state index in [-0.39, 0.29) is 33.0 Å². The van der Waals surface area contributed by atoms with Crippen molar-refractivity contribution in [2.75, 3.05) is 46.3 Å². The summed E-state index contributed by atoms with van der Waals surface area (Å²) in [7, 11) is -2.32. The molecule has 230 valence electrons. The highest BCUT2D eigenvalue weighted by atomic mass is 32.2. The molecule has 1 aromatic heterocycles. The fourth-order valence-electron chi connectivity index (χ4n) is 6.43. The Morgan fingerprint density at radius 1 is 0.822 bits per heavy atom. The summed E-state index contributed by atoms with van der Waals surface area (Å²) in [6.07, 6.45) is 2.17. The summed E-state index contributed by atoms with van der Waals surface area (Å²) in [6, 6.07) is 21.8. The number of piperidine rings is 1. The van der Waals surface area contributed by atoms with E-state index in [1.165, 1.54) is 47.0 Å². The van der Waals surface area contributed by atoms with Gasteiger partial charge in [-0.3, -0.25) is 14.3 Å². The van der Waals surface area contributed by atoms with Gasteiger partial charge in [0, 0.05) is 32.2 Å². The number of nitriles is 2. The van der Waals surface area contributed by atoms with E-state index in [1.807, 2.05) is 6.07 Å². The average Bonchev–Trinajstić information content (AvgIpc) is 3.37. The molecule has 0 spiro atoms. The predicted octanol–water partition coefficient (Wildman–Crippen LogP) is 2.61. The van der Waals surface area contributed by atoms with E-state index in [9.17, 15) is 28.5 Å². The highest BCUT2D eigenvalue weighted by Gasteiger charge is 2.36. The highest BCUT2D eigenvalue weighted by molar-refractivity contribution is 7.90. The molecular formula is C33H33N7O4S. The number of imidazole rings is 1. The second kappa shape index (κ2) is 12.3. The van der Waals surface area contributed by atoms with Crippen LogP contribution in [0, 0.1) is 22.7 Å². The number of carbonyl (C=O) groups is 1. The molecule has 4 aromatic rings. The van der Waals surface area contributed by atoms with Gasteiger partial charge in [0.2, 0.25) is 0 Å². The van der Waals surface area contributed by atoms with E-state index in [1.54, 1.807) is 35.2 Å². The molecule has 3 heterocycles. The molecule has 0 aliphatic carbocycles. The third-order valence-corrected chi connectivity index (χ3v) is 10.6. The molecule has 2 fully saturated rings. The monoisotopic (exact) mass is 623 g/mol. The average molecular weight is 624 g/mol. The number of hydrogen-bond donors (Lipinski definition) is 0. The van der Waals surface area contributed by atoms with E-state index < -0.39 is 21.8 Å². The van der Waals surface area contributed by atoms with Crippen molar-refractivity contribution in [2.45, 2.75) is 29.8 Å². The minimum Gasteiger partial charge on any atom is -0.338 e. The van der Waals surface area contributed by atoms with Crippen molar-refractivity contribution in [3.05, 3.63) is 100.0 Å². The number of amides is 1. The lowest BCUT2D eigenvalue weighted by Crippen LogP contribution is -2.55. The van der Waals surface area contributed by atoms with Gasteiger partial charge < -0.3 is 9.80 Å². The summed E-state index contributed by atoms with van der Waals surface area (Å²) in [5.41, 5.74) is 0.298. The molecule has 45 heavy (non-hydrogen) atoms. The molecule has 0 bridgehead atoms. The van der Waals surface area contributed by atoms with Crippen LogP contribution in [0.5, 0.6) is 0 Å². The topological polar surface area (TPSA) is 135 Å². The molecule has 6 rings (SSSR count). The van der Waals surface area contributed by atoms with Gasteiger partial charge in [-0.25, -0.2) is 13.2 Å². The number of carbonyl (C=O) groups excluding carboxylic acids is 1. The normalized spacial score (nSPS) is 17.5. The summed E-state index contributed by atoms with van der Waals surface area (Å²) in [4.78, 5) is 35.1. The predicted molar refractivity (Wildman–Crippen MR) is 168 cm³/mol. The van der Waals surface area contributed by atoms with Crippen LogP contribution in [0.15, 0.2) is 82.5 Å². The van der Waals surface area contributed by atoms with Crippen molar-refractivity contribution < 1.29 is 13.2 Å². The lowest BCUT2D eigenvalue weighted by atomic mass is 10.0. The van der Waals surface area contributed by atoms with Crippen molar-refractivity contribution in [1.82, 2.24) is 23.2 Å². The first-order chi connectivity index (χ1) is 21.7. The minimum absolute atomic E-state index is 0.0455. The van der Waals surface area contributed by atoms with Crippen molar-refractivity contribution >= 4 is 27.0 Å². The molecule has 2 aliphatic heterocycles. The van der Waals surface area contributed by atoms with Crippen LogP contribution < -0.4 is 5.69 Å². The molecule has 11 nitrogen and oxygen atoms in total. The van der Waals surface area contributed by atoms with Gasteiger partial charge >= 0.3 is 5.69 Å². The lowest BCUT2D eigenvalue weighted by molar-refractivity contribution is -0.135. The summed E-state index contributed by atoms with van der Waals surface area (Å²) >= 11 is 0. The zero-order valence-corrected chi connectivity index (χ0v) is 25.7. The van der Waals surface area contributed by atoms with Crippen LogP contribution in [0.3, 0.4) is 0 Å². The number of aromatic nitrogens is 2. The van der Waals surface area contributed by atoms with Crippen LogP contribution in [0.1, 0.15) is 35.6 Å². The van der Waals surface area contributed by atoms with Crippen LogP contribution >= 0.6 is 0 Å². The molecule has 0 N–H and O–H groups in total. The lowest BCUT2D eigenvalue weighted by Gasteiger charge is -2.42. The minimum atomic E-state index is -4.45. The Labute approximate surface area is 261 Å². The second-order valence-electron chi connectivity index (χ2n) is 11.6. The van der Waals surface area contributed by atoms with Gasteiger partial charge in [-0.15, -0.1) is 0 Å². The van der Waals surface area contributed by atoms with Crippen LogP contribution in [-0.4, -0.2) is 89.9 Å². The largest absolute Gasteiger partial charge is 0.344 e.